The van der Waals surface area contributed by atoms with Gasteiger partial charge in [0.1, 0.15) is 0 Å². The van der Waals surface area contributed by atoms with Gasteiger partial charge in [-0.05, 0) is 18.6 Å². The Bertz CT molecular complexity index is 312. The van der Waals surface area contributed by atoms with Gasteiger partial charge < -0.3 is 11.1 Å². The molecule has 0 aliphatic heterocycles. The summed E-state index contributed by atoms with van der Waals surface area (Å²) in [6, 6.07) is 2.07. The van der Waals surface area contributed by atoms with Crippen LogP contribution in [0.1, 0.15) is 13.3 Å². The van der Waals surface area contributed by atoms with E-state index in [1.165, 1.54) is 18.3 Å². The van der Waals surface area contributed by atoms with E-state index in [4.69, 9.17) is 5.73 Å². The van der Waals surface area contributed by atoms with Gasteiger partial charge in [-0.1, -0.05) is 6.92 Å². The van der Waals surface area contributed by atoms with E-state index in [0.29, 0.717) is 12.1 Å². The van der Waals surface area contributed by atoms with Crippen LogP contribution in [0.15, 0.2) is 18.3 Å². The number of halogens is 1. The van der Waals surface area contributed by atoms with Crippen molar-refractivity contribution in [3.63, 3.8) is 0 Å². The van der Waals surface area contributed by atoms with E-state index in [0.717, 1.165) is 0 Å². The number of hydrogen-bond donors (Lipinski definition) is 2. The average molecular weight is 197 g/mol. The summed E-state index contributed by atoms with van der Waals surface area (Å²) in [5.74, 6) is -0.872. The molecule has 14 heavy (non-hydrogen) atoms. The Balaban J connectivity index is 2.60. The number of aromatic nitrogens is 1. The number of nitrogens with zero attached hydrogens (tertiary/aromatic N) is 1. The van der Waals surface area contributed by atoms with Crippen LogP contribution in [0, 0.1) is 5.95 Å². The average Bonchev–Trinajstić information content (AvgIpc) is 2.20. The summed E-state index contributed by atoms with van der Waals surface area (Å²) in [6.07, 6.45) is 1.80. The quantitative estimate of drug-likeness (QED) is 0.707. The van der Waals surface area contributed by atoms with Crippen LogP contribution in [0.25, 0.3) is 0 Å². The van der Waals surface area contributed by atoms with Crippen LogP contribution in [-0.2, 0) is 4.79 Å². The zero-order chi connectivity index (χ0) is 10.6. The number of nitrogens with one attached hydrogen (secondary N) is 1. The van der Waals surface area contributed by atoms with Crippen LogP contribution < -0.4 is 11.1 Å². The predicted octanol–water partition coefficient (Wildman–Crippen LogP) is 0.896. The maximum Gasteiger partial charge on any atom is 0.241 e. The van der Waals surface area contributed by atoms with Crippen molar-refractivity contribution in [2.45, 2.75) is 19.4 Å². The number of carbonyl (C=O) groups is 1. The molecule has 3 N–H and O–H groups in total. The van der Waals surface area contributed by atoms with Crippen LogP contribution in [0.3, 0.4) is 0 Å². The summed E-state index contributed by atoms with van der Waals surface area (Å²) in [6.45, 7) is 1.81. The first-order valence-electron chi connectivity index (χ1n) is 4.31. The van der Waals surface area contributed by atoms with Crippen molar-refractivity contribution in [2.24, 2.45) is 5.73 Å². The van der Waals surface area contributed by atoms with Gasteiger partial charge in [-0.25, -0.2) is 4.98 Å². The van der Waals surface area contributed by atoms with Gasteiger partial charge in [0.2, 0.25) is 11.9 Å². The highest BCUT2D eigenvalue weighted by molar-refractivity contribution is 5.94. The van der Waals surface area contributed by atoms with Gasteiger partial charge in [0, 0.05) is 0 Å². The molecule has 0 fully saturated rings. The van der Waals surface area contributed by atoms with Gasteiger partial charge in [-0.3, -0.25) is 4.79 Å². The van der Waals surface area contributed by atoms with E-state index >= 15 is 0 Å². The molecule has 1 aromatic rings. The minimum absolute atomic E-state index is 0.291. The molecule has 0 radical (unpaired) electrons. The Morgan fingerprint density at radius 1 is 1.71 bits per heavy atom. The van der Waals surface area contributed by atoms with Gasteiger partial charge in [0.05, 0.1) is 17.9 Å². The topological polar surface area (TPSA) is 68.0 Å². The van der Waals surface area contributed by atoms with E-state index in [9.17, 15) is 9.18 Å². The first kappa shape index (κ1) is 10.6. The fourth-order valence-electron chi connectivity index (χ4n) is 0.870. The van der Waals surface area contributed by atoms with Crippen LogP contribution >= 0.6 is 0 Å². The van der Waals surface area contributed by atoms with Crippen LogP contribution in [0.5, 0.6) is 0 Å². The van der Waals surface area contributed by atoms with Crippen LogP contribution in [0.2, 0.25) is 0 Å². The highest BCUT2D eigenvalue weighted by atomic mass is 19.1. The summed E-state index contributed by atoms with van der Waals surface area (Å²) in [7, 11) is 0. The molecule has 1 heterocycles. The molecular weight excluding hydrogens is 185 g/mol. The van der Waals surface area contributed by atoms with Crippen molar-refractivity contribution in [2.75, 3.05) is 5.32 Å². The third kappa shape index (κ3) is 2.77. The Morgan fingerprint density at radius 2 is 2.43 bits per heavy atom. The lowest BCUT2D eigenvalue weighted by Gasteiger charge is -2.09. The minimum atomic E-state index is -0.581. The molecule has 0 bridgehead atoms. The highest BCUT2D eigenvalue weighted by Gasteiger charge is 2.10. The maximum atomic E-state index is 12.4. The fraction of sp³-hybridized carbons (Fsp3) is 0.333. The molecule has 0 saturated heterocycles. The molecular formula is C9H12FN3O. The van der Waals surface area contributed by atoms with E-state index in [1.807, 2.05) is 6.92 Å². The molecule has 1 atom stereocenters. The van der Waals surface area contributed by atoms with Gasteiger partial charge >= 0.3 is 0 Å². The SMILES string of the molecule is CCC(N)C(=O)Nc1ccc(F)nc1. The molecule has 1 aromatic heterocycles. The smallest absolute Gasteiger partial charge is 0.241 e. The first-order chi connectivity index (χ1) is 6.63. The van der Waals surface area contributed by atoms with Crippen molar-refractivity contribution in [1.29, 1.82) is 0 Å². The second kappa shape index (κ2) is 4.66. The normalized spacial score (nSPS) is 12.2. The van der Waals surface area contributed by atoms with Gasteiger partial charge in [-0.15, -0.1) is 0 Å². The largest absolute Gasteiger partial charge is 0.323 e. The molecule has 1 amide bonds. The molecule has 4 nitrogen and oxygen atoms in total. The van der Waals surface area contributed by atoms with E-state index in [2.05, 4.69) is 10.3 Å². The molecule has 0 aliphatic rings. The Hall–Kier alpha value is -1.49. The summed E-state index contributed by atoms with van der Waals surface area (Å²) in [5.41, 5.74) is 5.93. The van der Waals surface area contributed by atoms with E-state index in [1.54, 1.807) is 0 Å². The second-order valence-electron chi connectivity index (χ2n) is 2.87. The first-order valence-corrected chi connectivity index (χ1v) is 4.31. The minimum Gasteiger partial charge on any atom is -0.323 e. The number of nitrogens with two attached hydrogens (primary N) is 1. The van der Waals surface area contributed by atoms with Crippen molar-refractivity contribution in [3.05, 3.63) is 24.3 Å². The second-order valence-corrected chi connectivity index (χ2v) is 2.87. The number of hydrogen-bond acceptors (Lipinski definition) is 3. The Morgan fingerprint density at radius 3 is 2.93 bits per heavy atom. The third-order valence-electron chi connectivity index (χ3n) is 1.77. The molecule has 0 aliphatic carbocycles. The Kier molecular flexibility index (Phi) is 3.53. The van der Waals surface area contributed by atoms with Gasteiger partial charge in [0.15, 0.2) is 0 Å². The number of pyridine rings is 1. The number of anilines is 1. The highest BCUT2D eigenvalue weighted by Crippen LogP contribution is 2.05. The zero-order valence-corrected chi connectivity index (χ0v) is 7.83. The van der Waals surface area contributed by atoms with Gasteiger partial charge in [-0.2, -0.15) is 4.39 Å². The molecule has 0 saturated carbocycles. The van der Waals surface area contributed by atoms with Gasteiger partial charge in [0.25, 0.3) is 0 Å². The molecule has 5 heteroatoms. The molecule has 76 valence electrons. The monoisotopic (exact) mass is 197 g/mol. The lowest BCUT2D eigenvalue weighted by molar-refractivity contribution is -0.117. The van der Waals surface area contributed by atoms with Crippen molar-refractivity contribution in [3.8, 4) is 0 Å². The number of rotatable bonds is 3. The number of carbonyl (C=O) groups excluding carboxylic acids is 1. The molecule has 1 rings (SSSR count). The van der Waals surface area contributed by atoms with Crippen LogP contribution in [-0.4, -0.2) is 16.9 Å². The summed E-state index contributed by atoms with van der Waals surface area (Å²) >= 11 is 0. The molecule has 1 unspecified atom stereocenters. The lowest BCUT2D eigenvalue weighted by Crippen LogP contribution is -2.34. The predicted molar refractivity (Wildman–Crippen MR) is 51.1 cm³/mol. The third-order valence-corrected chi connectivity index (χ3v) is 1.77. The van der Waals surface area contributed by atoms with Crippen molar-refractivity contribution < 1.29 is 9.18 Å². The van der Waals surface area contributed by atoms with E-state index in [-0.39, 0.29) is 5.91 Å². The fourth-order valence-corrected chi connectivity index (χ4v) is 0.870. The van der Waals surface area contributed by atoms with Crippen molar-refractivity contribution in [1.82, 2.24) is 4.98 Å². The molecule has 0 aromatic carbocycles. The number of amides is 1. The van der Waals surface area contributed by atoms with Crippen molar-refractivity contribution >= 4 is 11.6 Å². The lowest BCUT2D eigenvalue weighted by atomic mass is 10.2. The summed E-state index contributed by atoms with van der Waals surface area (Å²) in [4.78, 5) is 14.7. The van der Waals surface area contributed by atoms with E-state index < -0.39 is 12.0 Å². The maximum absolute atomic E-state index is 12.4. The Labute approximate surface area is 81.3 Å². The van der Waals surface area contributed by atoms with Crippen LogP contribution in [0.4, 0.5) is 10.1 Å². The molecule has 0 spiro atoms. The summed E-state index contributed by atoms with van der Waals surface area (Å²) < 4.78 is 12.4. The zero-order valence-electron chi connectivity index (χ0n) is 7.83. The summed E-state index contributed by atoms with van der Waals surface area (Å²) in [5, 5.41) is 2.53. The standard InChI is InChI=1S/C9H12FN3O/c1-2-7(11)9(14)13-6-3-4-8(10)12-5-6/h3-5,7H,2,11H2,1H3,(H,13,14).